The summed E-state index contributed by atoms with van der Waals surface area (Å²) in [7, 11) is 0. The van der Waals surface area contributed by atoms with Crippen molar-refractivity contribution in [3.05, 3.63) is 0 Å². The summed E-state index contributed by atoms with van der Waals surface area (Å²) < 4.78 is 9.85. The smallest absolute Gasteiger partial charge is 0.246 e. The van der Waals surface area contributed by atoms with Crippen LogP contribution in [0.3, 0.4) is 0 Å². The third-order valence-electron chi connectivity index (χ3n) is 1.37. The molecule has 0 aromatic rings. The number of hydrogen-bond donors (Lipinski definition) is 2. The Morgan fingerprint density at radius 2 is 1.87 bits per heavy atom. The van der Waals surface area contributed by atoms with Crippen molar-refractivity contribution in [2.75, 3.05) is 39.5 Å². The highest BCUT2D eigenvalue weighted by Gasteiger charge is 1.99. The van der Waals surface area contributed by atoms with E-state index in [1.807, 2.05) is 0 Å². The molecule has 0 rings (SSSR count). The van der Waals surface area contributed by atoms with Crippen LogP contribution in [0, 0.1) is 0 Å². The SMILES string of the molecule is CC(=O)COCCNC(=O)COCCN. The van der Waals surface area contributed by atoms with Crippen molar-refractivity contribution in [1.82, 2.24) is 5.32 Å². The molecule has 0 atom stereocenters. The minimum Gasteiger partial charge on any atom is -0.372 e. The van der Waals surface area contributed by atoms with Gasteiger partial charge >= 0.3 is 0 Å². The Bertz CT molecular complexity index is 197. The number of nitrogens with one attached hydrogen (secondary N) is 1. The average molecular weight is 218 g/mol. The molecule has 3 N–H and O–H groups in total. The predicted octanol–water partition coefficient (Wildman–Crippen LogP) is -1.32. The topological polar surface area (TPSA) is 90.6 Å². The lowest BCUT2D eigenvalue weighted by atomic mass is 10.5. The van der Waals surface area contributed by atoms with Crippen LogP contribution in [0.2, 0.25) is 0 Å². The van der Waals surface area contributed by atoms with Crippen molar-refractivity contribution in [2.45, 2.75) is 6.92 Å². The number of rotatable bonds is 9. The number of carbonyl (C=O) groups is 2. The molecule has 15 heavy (non-hydrogen) atoms. The normalized spacial score (nSPS) is 10.0. The third-order valence-corrected chi connectivity index (χ3v) is 1.37. The number of ketones is 1. The van der Waals surface area contributed by atoms with E-state index in [0.29, 0.717) is 26.3 Å². The zero-order chi connectivity index (χ0) is 11.5. The van der Waals surface area contributed by atoms with E-state index in [-0.39, 0.29) is 24.9 Å². The summed E-state index contributed by atoms with van der Waals surface area (Å²) in [5.41, 5.74) is 5.17. The molecule has 0 radical (unpaired) electrons. The molecule has 0 spiro atoms. The Hall–Kier alpha value is -0.980. The van der Waals surface area contributed by atoms with Crippen LogP contribution < -0.4 is 11.1 Å². The van der Waals surface area contributed by atoms with Crippen molar-refractivity contribution in [1.29, 1.82) is 0 Å². The van der Waals surface area contributed by atoms with Crippen LogP contribution in [0.15, 0.2) is 0 Å². The van der Waals surface area contributed by atoms with Gasteiger partial charge in [0.15, 0.2) is 5.78 Å². The van der Waals surface area contributed by atoms with E-state index in [1.165, 1.54) is 6.92 Å². The first-order chi connectivity index (χ1) is 7.16. The first-order valence-electron chi connectivity index (χ1n) is 4.78. The predicted molar refractivity (Wildman–Crippen MR) is 54.4 cm³/mol. The largest absolute Gasteiger partial charge is 0.372 e. The van der Waals surface area contributed by atoms with Crippen molar-refractivity contribution < 1.29 is 19.1 Å². The van der Waals surface area contributed by atoms with E-state index in [0.717, 1.165) is 0 Å². The van der Waals surface area contributed by atoms with E-state index in [2.05, 4.69) is 5.32 Å². The highest BCUT2D eigenvalue weighted by atomic mass is 16.5. The lowest BCUT2D eigenvalue weighted by Crippen LogP contribution is -2.31. The lowest BCUT2D eigenvalue weighted by Gasteiger charge is -2.05. The second kappa shape index (κ2) is 9.57. The fourth-order valence-electron chi connectivity index (χ4n) is 0.778. The maximum absolute atomic E-state index is 11.0. The van der Waals surface area contributed by atoms with Gasteiger partial charge < -0.3 is 20.5 Å². The molecule has 0 saturated heterocycles. The van der Waals surface area contributed by atoms with Crippen molar-refractivity contribution in [2.24, 2.45) is 5.73 Å². The lowest BCUT2D eigenvalue weighted by molar-refractivity contribution is -0.125. The number of carbonyl (C=O) groups excluding carboxylic acids is 2. The van der Waals surface area contributed by atoms with Crippen LogP contribution in [0.1, 0.15) is 6.92 Å². The van der Waals surface area contributed by atoms with Gasteiger partial charge in [-0.3, -0.25) is 9.59 Å². The molecule has 0 bridgehead atoms. The van der Waals surface area contributed by atoms with E-state index >= 15 is 0 Å². The van der Waals surface area contributed by atoms with Crippen molar-refractivity contribution >= 4 is 11.7 Å². The molecule has 88 valence electrons. The van der Waals surface area contributed by atoms with E-state index in [1.54, 1.807) is 0 Å². The Labute approximate surface area is 89.1 Å². The zero-order valence-electron chi connectivity index (χ0n) is 8.95. The average Bonchev–Trinajstić information content (AvgIpc) is 2.17. The molecular formula is C9H18N2O4. The molecule has 6 heteroatoms. The molecule has 0 aliphatic heterocycles. The molecule has 6 nitrogen and oxygen atoms in total. The van der Waals surface area contributed by atoms with Crippen LogP contribution >= 0.6 is 0 Å². The van der Waals surface area contributed by atoms with Gasteiger partial charge in [-0.15, -0.1) is 0 Å². The molecule has 1 amide bonds. The monoisotopic (exact) mass is 218 g/mol. The van der Waals surface area contributed by atoms with Crippen LogP contribution in [-0.2, 0) is 19.1 Å². The Balaban J connectivity index is 3.20. The molecule has 0 unspecified atom stereocenters. The van der Waals surface area contributed by atoms with Crippen LogP contribution in [-0.4, -0.2) is 51.2 Å². The highest BCUT2D eigenvalue weighted by Crippen LogP contribution is 1.77. The molecule has 0 aliphatic carbocycles. The maximum Gasteiger partial charge on any atom is 0.246 e. The quantitative estimate of drug-likeness (QED) is 0.469. The molecular weight excluding hydrogens is 200 g/mol. The van der Waals surface area contributed by atoms with Gasteiger partial charge in [0.25, 0.3) is 0 Å². The van der Waals surface area contributed by atoms with Gasteiger partial charge in [-0.1, -0.05) is 0 Å². The van der Waals surface area contributed by atoms with E-state index < -0.39 is 0 Å². The zero-order valence-corrected chi connectivity index (χ0v) is 8.95. The number of nitrogens with two attached hydrogens (primary N) is 1. The summed E-state index contributed by atoms with van der Waals surface area (Å²) in [6.07, 6.45) is 0. The number of amides is 1. The molecule has 0 aromatic carbocycles. The summed E-state index contributed by atoms with van der Waals surface area (Å²) in [4.78, 5) is 21.5. The maximum atomic E-state index is 11.0. The summed E-state index contributed by atoms with van der Waals surface area (Å²) in [5, 5.41) is 2.57. The van der Waals surface area contributed by atoms with Gasteiger partial charge in [-0.05, 0) is 6.92 Å². The van der Waals surface area contributed by atoms with Gasteiger partial charge in [0.1, 0.15) is 13.2 Å². The van der Waals surface area contributed by atoms with Gasteiger partial charge in [-0.2, -0.15) is 0 Å². The standard InChI is InChI=1S/C9H18N2O4/c1-8(12)6-15-5-3-11-9(13)7-14-4-2-10/h2-7,10H2,1H3,(H,11,13). The summed E-state index contributed by atoms with van der Waals surface area (Å²) in [5.74, 6) is -0.248. The van der Waals surface area contributed by atoms with Crippen LogP contribution in [0.5, 0.6) is 0 Å². The summed E-state index contributed by atoms with van der Waals surface area (Å²) in [6.45, 7) is 2.99. The minimum atomic E-state index is -0.213. The molecule has 0 heterocycles. The second-order valence-electron chi connectivity index (χ2n) is 2.95. The van der Waals surface area contributed by atoms with Gasteiger partial charge in [0, 0.05) is 13.1 Å². The highest BCUT2D eigenvalue weighted by molar-refractivity contribution is 5.77. The minimum absolute atomic E-state index is 0.00388. The molecule has 0 aliphatic rings. The van der Waals surface area contributed by atoms with E-state index in [4.69, 9.17) is 15.2 Å². The van der Waals surface area contributed by atoms with Crippen LogP contribution in [0.25, 0.3) is 0 Å². The summed E-state index contributed by atoms with van der Waals surface area (Å²) >= 11 is 0. The van der Waals surface area contributed by atoms with Gasteiger partial charge in [-0.25, -0.2) is 0 Å². The van der Waals surface area contributed by atoms with Gasteiger partial charge in [0.05, 0.1) is 13.2 Å². The first kappa shape index (κ1) is 14.0. The molecule has 0 saturated carbocycles. The number of ether oxygens (including phenoxy) is 2. The van der Waals surface area contributed by atoms with Crippen molar-refractivity contribution in [3.63, 3.8) is 0 Å². The van der Waals surface area contributed by atoms with Crippen LogP contribution in [0.4, 0.5) is 0 Å². The van der Waals surface area contributed by atoms with E-state index in [9.17, 15) is 9.59 Å². The fourth-order valence-corrected chi connectivity index (χ4v) is 0.778. The first-order valence-corrected chi connectivity index (χ1v) is 4.78. The third kappa shape index (κ3) is 10.9. The number of hydrogen-bond acceptors (Lipinski definition) is 5. The second-order valence-corrected chi connectivity index (χ2v) is 2.95. The number of Topliss-reactive ketones (excluding diaryl/α,β-unsaturated/α-hetero) is 1. The molecule has 0 fully saturated rings. The Kier molecular flexibility index (Phi) is 8.95. The summed E-state index contributed by atoms with van der Waals surface area (Å²) in [6, 6.07) is 0. The Morgan fingerprint density at radius 1 is 1.20 bits per heavy atom. The van der Waals surface area contributed by atoms with Crippen molar-refractivity contribution in [3.8, 4) is 0 Å². The van der Waals surface area contributed by atoms with Gasteiger partial charge in [0.2, 0.25) is 5.91 Å². The fraction of sp³-hybridized carbons (Fsp3) is 0.778. The Morgan fingerprint density at radius 3 is 2.47 bits per heavy atom. The molecule has 0 aromatic heterocycles.